The Hall–Kier alpha value is -2.52. The van der Waals surface area contributed by atoms with Crippen molar-refractivity contribution < 1.29 is 14.7 Å². The molecule has 2 aromatic rings. The number of nitrogens with zero attached hydrogens (tertiary/aromatic N) is 4. The molecule has 3 heterocycles. The van der Waals surface area contributed by atoms with Gasteiger partial charge >= 0.3 is 6.09 Å². The predicted octanol–water partition coefficient (Wildman–Crippen LogP) is 3.35. The maximum absolute atomic E-state index is 13.3. The zero-order valence-corrected chi connectivity index (χ0v) is 19.6. The van der Waals surface area contributed by atoms with E-state index in [1.54, 1.807) is 23.4 Å². The number of anilines is 1. The zero-order valence-electron chi connectivity index (χ0n) is 18.0. The Balaban J connectivity index is 1.48. The molecular formula is C22H26ClN5O3S. The molecule has 1 aromatic heterocycles. The number of nitrogens with one attached hydrogen (secondary N) is 1. The minimum Gasteiger partial charge on any atom is -0.465 e. The molecule has 2 amide bonds. The van der Waals surface area contributed by atoms with Gasteiger partial charge in [-0.2, -0.15) is 0 Å². The lowest BCUT2D eigenvalue weighted by molar-refractivity contribution is -0.134. The van der Waals surface area contributed by atoms with E-state index in [0.717, 1.165) is 22.8 Å². The van der Waals surface area contributed by atoms with Crippen LogP contribution in [0.15, 0.2) is 30.6 Å². The quantitative estimate of drug-likeness (QED) is 0.684. The Bertz CT molecular complexity index is 1010. The van der Waals surface area contributed by atoms with Crippen LogP contribution in [-0.4, -0.2) is 63.7 Å². The van der Waals surface area contributed by atoms with Crippen LogP contribution in [-0.2, 0) is 17.0 Å². The van der Waals surface area contributed by atoms with Crippen LogP contribution < -0.4 is 10.2 Å². The van der Waals surface area contributed by atoms with Gasteiger partial charge in [-0.25, -0.2) is 14.8 Å². The number of halogens is 1. The van der Waals surface area contributed by atoms with Crippen LogP contribution in [0.1, 0.15) is 35.9 Å². The van der Waals surface area contributed by atoms with Gasteiger partial charge in [0.05, 0.1) is 5.69 Å². The van der Waals surface area contributed by atoms with Gasteiger partial charge in [-0.1, -0.05) is 23.7 Å². The molecule has 0 radical (unpaired) electrons. The first-order valence-corrected chi connectivity index (χ1v) is 12.0. The van der Waals surface area contributed by atoms with E-state index in [2.05, 4.69) is 34.0 Å². The van der Waals surface area contributed by atoms with Gasteiger partial charge in [-0.05, 0) is 31.5 Å². The highest BCUT2D eigenvalue weighted by atomic mass is 35.5. The van der Waals surface area contributed by atoms with Crippen molar-refractivity contribution in [3.8, 4) is 0 Å². The van der Waals surface area contributed by atoms with Gasteiger partial charge in [-0.15, -0.1) is 11.8 Å². The monoisotopic (exact) mass is 475 g/mol. The Morgan fingerprint density at radius 3 is 2.69 bits per heavy atom. The first-order valence-electron chi connectivity index (χ1n) is 10.6. The van der Waals surface area contributed by atoms with E-state index < -0.39 is 12.1 Å². The molecule has 32 heavy (non-hydrogen) atoms. The standard InChI is InChI=1S/C22H26ClN5O3S/c1-13-10-27(7-8-28(13)20-19-14(2)32-11-18(19)24-12-25-20)21(29)17(26-22(30)31)9-15-3-5-16(23)6-4-15/h3-6,12-14,17,26H,7-11H2,1-2H3,(H,30,31)/t13-,14-,17+/m0/s1. The van der Waals surface area contributed by atoms with Crippen LogP contribution in [0.2, 0.25) is 5.02 Å². The molecule has 1 fully saturated rings. The van der Waals surface area contributed by atoms with Gasteiger partial charge in [0.25, 0.3) is 0 Å². The van der Waals surface area contributed by atoms with Gasteiger partial charge in [0.1, 0.15) is 18.2 Å². The average molecular weight is 476 g/mol. The molecule has 170 valence electrons. The highest BCUT2D eigenvalue weighted by Gasteiger charge is 2.35. The van der Waals surface area contributed by atoms with E-state index in [1.807, 2.05) is 23.9 Å². The molecule has 1 aromatic carbocycles. The predicted molar refractivity (Wildman–Crippen MR) is 125 cm³/mol. The minimum absolute atomic E-state index is 0.0468. The Morgan fingerprint density at radius 2 is 2.00 bits per heavy atom. The Morgan fingerprint density at radius 1 is 1.25 bits per heavy atom. The molecule has 2 aliphatic rings. The third kappa shape index (κ3) is 4.78. The molecule has 1 saturated heterocycles. The van der Waals surface area contributed by atoms with Crippen LogP contribution in [0, 0.1) is 0 Å². The molecule has 0 bridgehead atoms. The summed E-state index contributed by atoms with van der Waals surface area (Å²) in [6.07, 6.45) is 0.674. The fourth-order valence-corrected chi connectivity index (χ4v) is 5.54. The summed E-state index contributed by atoms with van der Waals surface area (Å²) < 4.78 is 0. The number of hydrogen-bond donors (Lipinski definition) is 2. The molecule has 3 atom stereocenters. The largest absolute Gasteiger partial charge is 0.465 e. The van der Waals surface area contributed by atoms with Gasteiger partial charge in [-0.3, -0.25) is 4.79 Å². The van der Waals surface area contributed by atoms with Crippen molar-refractivity contribution in [2.24, 2.45) is 0 Å². The fraction of sp³-hybridized carbons (Fsp3) is 0.455. The number of benzene rings is 1. The zero-order chi connectivity index (χ0) is 22.8. The molecule has 0 spiro atoms. The van der Waals surface area contributed by atoms with Crippen LogP contribution in [0.25, 0.3) is 0 Å². The number of carbonyl (C=O) groups is 2. The van der Waals surface area contributed by atoms with E-state index in [0.29, 0.717) is 29.9 Å². The van der Waals surface area contributed by atoms with E-state index in [4.69, 9.17) is 11.6 Å². The number of piperazine rings is 1. The highest BCUT2D eigenvalue weighted by Crippen LogP contribution is 2.44. The van der Waals surface area contributed by atoms with E-state index >= 15 is 0 Å². The lowest BCUT2D eigenvalue weighted by Gasteiger charge is -2.42. The second-order valence-corrected chi connectivity index (χ2v) is 9.94. The third-order valence-corrected chi connectivity index (χ3v) is 7.41. The lowest BCUT2D eigenvalue weighted by atomic mass is 10.0. The summed E-state index contributed by atoms with van der Waals surface area (Å²) in [6, 6.07) is 6.28. The number of rotatable bonds is 5. The molecule has 4 rings (SSSR count). The molecule has 8 nitrogen and oxygen atoms in total. The maximum atomic E-state index is 13.3. The van der Waals surface area contributed by atoms with Crippen molar-refractivity contribution in [2.75, 3.05) is 24.5 Å². The van der Waals surface area contributed by atoms with Crippen molar-refractivity contribution in [1.29, 1.82) is 0 Å². The van der Waals surface area contributed by atoms with Crippen LogP contribution in [0.4, 0.5) is 10.6 Å². The fourth-order valence-electron chi connectivity index (χ4n) is 4.37. The summed E-state index contributed by atoms with van der Waals surface area (Å²) in [5.41, 5.74) is 3.13. The number of hydrogen-bond acceptors (Lipinski definition) is 6. The first-order chi connectivity index (χ1) is 15.3. The minimum atomic E-state index is -1.22. The topological polar surface area (TPSA) is 98.7 Å². The van der Waals surface area contributed by atoms with Gasteiger partial charge in [0, 0.05) is 53.7 Å². The SMILES string of the molecule is C[C@@H]1SCc2ncnc(N3CCN(C(=O)[C@@H](Cc4ccc(Cl)cc4)NC(=O)O)C[C@@H]3C)c21. The summed E-state index contributed by atoms with van der Waals surface area (Å²) in [5.74, 6) is 1.63. The average Bonchev–Trinajstić information content (AvgIpc) is 3.15. The molecule has 2 aliphatic heterocycles. The summed E-state index contributed by atoms with van der Waals surface area (Å²) in [5, 5.41) is 12.6. The number of thioether (sulfide) groups is 1. The van der Waals surface area contributed by atoms with Crippen molar-refractivity contribution >= 4 is 41.2 Å². The van der Waals surface area contributed by atoms with Crippen LogP contribution in [0.3, 0.4) is 0 Å². The first kappa shape index (κ1) is 22.7. The molecular weight excluding hydrogens is 450 g/mol. The number of aromatic nitrogens is 2. The molecule has 0 saturated carbocycles. The van der Waals surface area contributed by atoms with Crippen LogP contribution >= 0.6 is 23.4 Å². The molecule has 10 heteroatoms. The number of carboxylic acid groups (broad SMARTS) is 1. The summed E-state index contributed by atoms with van der Waals surface area (Å²) in [7, 11) is 0. The van der Waals surface area contributed by atoms with Gasteiger partial charge in [0.2, 0.25) is 5.91 Å². The summed E-state index contributed by atoms with van der Waals surface area (Å²) >= 11 is 7.80. The Kier molecular flexibility index (Phi) is 6.76. The molecule has 0 unspecified atom stereocenters. The molecule has 2 N–H and O–H groups in total. The van der Waals surface area contributed by atoms with Gasteiger partial charge in [0.15, 0.2) is 0 Å². The van der Waals surface area contributed by atoms with Crippen LogP contribution in [0.5, 0.6) is 0 Å². The van der Waals surface area contributed by atoms with Crippen molar-refractivity contribution in [3.63, 3.8) is 0 Å². The smallest absolute Gasteiger partial charge is 0.405 e. The number of amides is 2. The van der Waals surface area contributed by atoms with Crippen molar-refractivity contribution in [3.05, 3.63) is 52.4 Å². The highest BCUT2D eigenvalue weighted by molar-refractivity contribution is 7.99. The number of carbonyl (C=O) groups excluding carboxylic acids is 1. The third-order valence-electron chi connectivity index (χ3n) is 5.98. The number of fused-ring (bicyclic) bond motifs is 1. The van der Waals surface area contributed by atoms with Crippen molar-refractivity contribution in [2.45, 2.75) is 43.4 Å². The Labute approximate surface area is 196 Å². The lowest BCUT2D eigenvalue weighted by Crippen LogP contribution is -2.58. The second kappa shape index (κ2) is 9.54. The summed E-state index contributed by atoms with van der Waals surface area (Å²) in [6.45, 7) is 5.88. The van der Waals surface area contributed by atoms with Crippen molar-refractivity contribution in [1.82, 2.24) is 20.2 Å². The van der Waals surface area contributed by atoms with E-state index in [1.165, 1.54) is 5.56 Å². The van der Waals surface area contributed by atoms with E-state index in [-0.39, 0.29) is 18.4 Å². The summed E-state index contributed by atoms with van der Waals surface area (Å²) in [4.78, 5) is 37.6. The molecule has 0 aliphatic carbocycles. The van der Waals surface area contributed by atoms with E-state index in [9.17, 15) is 14.7 Å². The second-order valence-electron chi connectivity index (χ2n) is 8.17. The normalized spacial score (nSPS) is 21.2. The maximum Gasteiger partial charge on any atom is 0.405 e. The van der Waals surface area contributed by atoms with Gasteiger partial charge < -0.3 is 20.2 Å².